The van der Waals surface area contributed by atoms with Crippen LogP contribution in [0.1, 0.15) is 33.8 Å². The minimum Gasteiger partial charge on any atom is -0.349 e. The van der Waals surface area contributed by atoms with Gasteiger partial charge in [-0.05, 0) is 25.1 Å². The number of anilines is 1. The summed E-state index contributed by atoms with van der Waals surface area (Å²) in [6.07, 6.45) is 0. The zero-order valence-electron chi connectivity index (χ0n) is 18.1. The lowest BCUT2D eigenvalue weighted by atomic mass is 10.1. The Morgan fingerprint density at radius 3 is 2.85 bits per heavy atom. The second kappa shape index (κ2) is 7.92. The van der Waals surface area contributed by atoms with E-state index in [1.54, 1.807) is 6.07 Å². The van der Waals surface area contributed by atoms with Crippen LogP contribution in [0.5, 0.6) is 0 Å². The van der Waals surface area contributed by atoms with E-state index in [9.17, 15) is 9.59 Å². The Kier molecular flexibility index (Phi) is 4.73. The zero-order valence-corrected chi connectivity index (χ0v) is 18.9. The van der Waals surface area contributed by atoms with Gasteiger partial charge in [0.1, 0.15) is 11.4 Å². The molecule has 2 amide bonds. The average Bonchev–Trinajstić information content (AvgIpc) is 3.60. The molecule has 34 heavy (non-hydrogen) atoms. The second-order valence-electron chi connectivity index (χ2n) is 8.10. The largest absolute Gasteiger partial charge is 0.349 e. The van der Waals surface area contributed by atoms with E-state index in [4.69, 9.17) is 0 Å². The standard InChI is InChI=1S/C24H19N7O2S/c1-13-11-25-23(33)19-9-15-7-8-16(10-18(15)31(13)19)22(32)28-24-26-17(12-34-24)21-27-20(29-30-21)14-5-3-2-4-6-14/h2-10,12-13H,11H2,1H3,(H,25,33)(H,26,28,32)(H,27,29,30). The average molecular weight is 470 g/mol. The fourth-order valence-electron chi connectivity index (χ4n) is 4.14. The van der Waals surface area contributed by atoms with E-state index in [1.807, 2.05) is 65.4 Å². The van der Waals surface area contributed by atoms with Crippen LogP contribution < -0.4 is 10.6 Å². The number of hydrogen-bond acceptors (Lipinski definition) is 6. The maximum Gasteiger partial charge on any atom is 0.268 e. The molecule has 0 aliphatic carbocycles. The first-order chi connectivity index (χ1) is 16.6. The molecule has 168 valence electrons. The SMILES string of the molecule is CC1CNC(=O)c2cc3ccc(C(=O)Nc4nc(-c5nc(-c6ccccc6)n[nH]5)cs4)cc3n21. The number of H-pyrrole nitrogens is 1. The maximum atomic E-state index is 13.0. The van der Waals surface area contributed by atoms with E-state index >= 15 is 0 Å². The third kappa shape index (κ3) is 3.44. The Balaban J connectivity index is 1.24. The zero-order chi connectivity index (χ0) is 23.2. The topological polar surface area (TPSA) is 118 Å². The molecule has 0 saturated carbocycles. The van der Waals surface area contributed by atoms with Crippen molar-refractivity contribution in [2.75, 3.05) is 11.9 Å². The maximum absolute atomic E-state index is 13.0. The first-order valence-electron chi connectivity index (χ1n) is 10.7. The van der Waals surface area contributed by atoms with Gasteiger partial charge in [0, 0.05) is 40.0 Å². The highest BCUT2D eigenvalue weighted by Gasteiger charge is 2.25. The minimum atomic E-state index is -0.270. The number of benzene rings is 2. The quantitative estimate of drug-likeness (QED) is 0.366. The van der Waals surface area contributed by atoms with Crippen LogP contribution in [0.2, 0.25) is 0 Å². The summed E-state index contributed by atoms with van der Waals surface area (Å²) in [5, 5.41) is 16.1. The molecular formula is C24H19N7O2S. The van der Waals surface area contributed by atoms with Gasteiger partial charge in [-0.1, -0.05) is 36.4 Å². The lowest BCUT2D eigenvalue weighted by Gasteiger charge is -2.24. The molecule has 0 bridgehead atoms. The Morgan fingerprint density at radius 2 is 2.00 bits per heavy atom. The first-order valence-corrected chi connectivity index (χ1v) is 11.6. The lowest BCUT2D eigenvalue weighted by molar-refractivity contribution is 0.0919. The number of fused-ring (bicyclic) bond motifs is 3. The number of amides is 2. The molecular weight excluding hydrogens is 450 g/mol. The van der Waals surface area contributed by atoms with Crippen LogP contribution in [0.25, 0.3) is 33.8 Å². The van der Waals surface area contributed by atoms with Crippen molar-refractivity contribution >= 4 is 39.2 Å². The number of carbonyl (C=O) groups excluding carboxylic acids is 2. The summed E-state index contributed by atoms with van der Waals surface area (Å²) in [5.41, 5.74) is 3.47. The Bertz CT molecular complexity index is 1550. The molecule has 3 aromatic heterocycles. The summed E-state index contributed by atoms with van der Waals surface area (Å²) >= 11 is 1.31. The van der Waals surface area contributed by atoms with Crippen molar-refractivity contribution in [2.45, 2.75) is 13.0 Å². The van der Waals surface area contributed by atoms with Crippen molar-refractivity contribution in [2.24, 2.45) is 0 Å². The van der Waals surface area contributed by atoms with Crippen molar-refractivity contribution in [1.29, 1.82) is 0 Å². The minimum absolute atomic E-state index is 0.0987. The number of thiazole rings is 1. The highest BCUT2D eigenvalue weighted by molar-refractivity contribution is 7.14. The fraction of sp³-hybridized carbons (Fsp3) is 0.125. The van der Waals surface area contributed by atoms with Crippen LogP contribution >= 0.6 is 11.3 Å². The lowest BCUT2D eigenvalue weighted by Crippen LogP contribution is -2.37. The molecule has 0 fully saturated rings. The van der Waals surface area contributed by atoms with Gasteiger partial charge in [0.2, 0.25) is 0 Å². The molecule has 5 aromatic rings. The number of hydrogen-bond donors (Lipinski definition) is 3. The summed E-state index contributed by atoms with van der Waals surface area (Å²) in [5.74, 6) is 0.747. The van der Waals surface area contributed by atoms with Gasteiger partial charge in [-0.3, -0.25) is 20.0 Å². The van der Waals surface area contributed by atoms with E-state index in [1.165, 1.54) is 11.3 Å². The van der Waals surface area contributed by atoms with Crippen molar-refractivity contribution < 1.29 is 9.59 Å². The molecule has 6 rings (SSSR count). The highest BCUT2D eigenvalue weighted by atomic mass is 32.1. The van der Waals surface area contributed by atoms with Gasteiger partial charge < -0.3 is 9.88 Å². The highest BCUT2D eigenvalue weighted by Crippen LogP contribution is 2.29. The molecule has 9 nitrogen and oxygen atoms in total. The van der Waals surface area contributed by atoms with Crippen molar-refractivity contribution in [3.8, 4) is 22.9 Å². The molecule has 1 aliphatic heterocycles. The van der Waals surface area contributed by atoms with Gasteiger partial charge >= 0.3 is 0 Å². The summed E-state index contributed by atoms with van der Waals surface area (Å²) in [6, 6.07) is 17.1. The summed E-state index contributed by atoms with van der Waals surface area (Å²) in [7, 11) is 0. The predicted molar refractivity (Wildman–Crippen MR) is 130 cm³/mol. The van der Waals surface area contributed by atoms with Gasteiger partial charge in [0.05, 0.1) is 0 Å². The van der Waals surface area contributed by atoms with Crippen LogP contribution in [-0.4, -0.2) is 43.1 Å². The molecule has 4 heterocycles. The number of aromatic amines is 1. The van der Waals surface area contributed by atoms with Crippen LogP contribution in [-0.2, 0) is 0 Å². The second-order valence-corrected chi connectivity index (χ2v) is 8.96. The van der Waals surface area contributed by atoms with Crippen LogP contribution in [0.3, 0.4) is 0 Å². The van der Waals surface area contributed by atoms with Crippen LogP contribution in [0.4, 0.5) is 5.13 Å². The van der Waals surface area contributed by atoms with Gasteiger partial charge in [-0.25, -0.2) is 9.97 Å². The molecule has 10 heteroatoms. The number of aromatic nitrogens is 5. The van der Waals surface area contributed by atoms with Crippen molar-refractivity contribution in [3.63, 3.8) is 0 Å². The van der Waals surface area contributed by atoms with Crippen molar-refractivity contribution in [3.05, 3.63) is 71.2 Å². The molecule has 2 aromatic carbocycles. The molecule has 0 radical (unpaired) electrons. The Morgan fingerprint density at radius 1 is 1.15 bits per heavy atom. The number of nitrogens with one attached hydrogen (secondary N) is 3. The fourth-order valence-corrected chi connectivity index (χ4v) is 4.83. The van der Waals surface area contributed by atoms with E-state index in [0.717, 1.165) is 16.5 Å². The van der Waals surface area contributed by atoms with E-state index in [0.29, 0.717) is 40.3 Å². The van der Waals surface area contributed by atoms with Gasteiger partial charge in [-0.15, -0.1) is 11.3 Å². The van der Waals surface area contributed by atoms with Gasteiger partial charge in [-0.2, -0.15) is 5.10 Å². The normalized spacial score (nSPS) is 15.2. The number of rotatable bonds is 4. The van der Waals surface area contributed by atoms with E-state index < -0.39 is 0 Å². The number of carbonyl (C=O) groups is 2. The van der Waals surface area contributed by atoms with Crippen LogP contribution in [0, 0.1) is 0 Å². The Labute approximate surface area is 197 Å². The third-order valence-corrected chi connectivity index (χ3v) is 6.58. The monoisotopic (exact) mass is 469 g/mol. The summed E-state index contributed by atoms with van der Waals surface area (Å²) in [6.45, 7) is 2.60. The predicted octanol–water partition coefficient (Wildman–Crippen LogP) is 4.11. The van der Waals surface area contributed by atoms with Gasteiger partial charge in [0.15, 0.2) is 16.8 Å². The molecule has 0 saturated heterocycles. The molecule has 3 N–H and O–H groups in total. The molecule has 1 aliphatic rings. The van der Waals surface area contributed by atoms with Gasteiger partial charge in [0.25, 0.3) is 11.8 Å². The summed E-state index contributed by atoms with van der Waals surface area (Å²) in [4.78, 5) is 34.2. The Hall–Kier alpha value is -4.31. The smallest absolute Gasteiger partial charge is 0.268 e. The van der Waals surface area contributed by atoms with E-state index in [2.05, 4.69) is 30.8 Å². The molecule has 1 unspecified atom stereocenters. The van der Waals surface area contributed by atoms with E-state index in [-0.39, 0.29) is 17.9 Å². The summed E-state index contributed by atoms with van der Waals surface area (Å²) < 4.78 is 1.99. The third-order valence-electron chi connectivity index (χ3n) is 5.82. The number of nitrogens with zero attached hydrogens (tertiary/aromatic N) is 4. The van der Waals surface area contributed by atoms with Crippen LogP contribution in [0.15, 0.2) is 60.0 Å². The first kappa shape index (κ1) is 20.3. The molecule has 1 atom stereocenters. The molecule has 0 spiro atoms. The van der Waals surface area contributed by atoms with Crippen molar-refractivity contribution in [1.82, 2.24) is 30.0 Å².